The Hall–Kier alpha value is -1.81. The molecule has 98 valence electrons. The third kappa shape index (κ3) is 3.83. The summed E-state index contributed by atoms with van der Waals surface area (Å²) in [6.45, 7) is -0.0753. The van der Waals surface area contributed by atoms with E-state index in [1.165, 1.54) is 7.11 Å². The van der Waals surface area contributed by atoms with E-state index in [0.29, 0.717) is 5.75 Å². The lowest BCUT2D eigenvalue weighted by Gasteiger charge is -2.06. The zero-order valence-corrected chi connectivity index (χ0v) is 12.0. The number of methoxy groups -OCH3 is 1. The molecular weight excluding hydrogens is 308 g/mol. The number of ether oxygens (including phenoxy) is 2. The van der Waals surface area contributed by atoms with E-state index in [2.05, 4.69) is 20.7 Å². The van der Waals surface area contributed by atoms with Crippen LogP contribution in [0.2, 0.25) is 0 Å². The molecular formula is C15H13BrO3. The van der Waals surface area contributed by atoms with Crippen LogP contribution >= 0.6 is 15.9 Å². The van der Waals surface area contributed by atoms with Crippen LogP contribution in [0.4, 0.5) is 0 Å². The van der Waals surface area contributed by atoms with Gasteiger partial charge in [-0.15, -0.1) is 0 Å². The highest BCUT2D eigenvalue weighted by Gasteiger charge is 2.02. The van der Waals surface area contributed by atoms with Crippen LogP contribution in [0.5, 0.6) is 5.75 Å². The summed E-state index contributed by atoms with van der Waals surface area (Å²) in [6.07, 6.45) is 0. The predicted molar refractivity (Wildman–Crippen MR) is 77.1 cm³/mol. The molecule has 0 amide bonds. The number of rotatable bonds is 4. The van der Waals surface area contributed by atoms with Gasteiger partial charge in [-0.2, -0.15) is 0 Å². The molecule has 0 saturated heterocycles. The summed E-state index contributed by atoms with van der Waals surface area (Å²) in [5.41, 5.74) is 2.22. The topological polar surface area (TPSA) is 35.5 Å². The van der Waals surface area contributed by atoms with E-state index in [0.717, 1.165) is 15.6 Å². The van der Waals surface area contributed by atoms with Gasteiger partial charge >= 0.3 is 5.97 Å². The Morgan fingerprint density at radius 3 is 2.05 bits per heavy atom. The lowest BCUT2D eigenvalue weighted by atomic mass is 10.1. The molecule has 2 rings (SSSR count). The Morgan fingerprint density at radius 1 is 1.00 bits per heavy atom. The van der Waals surface area contributed by atoms with E-state index in [1.807, 2.05) is 48.5 Å². The van der Waals surface area contributed by atoms with Crippen molar-refractivity contribution in [3.8, 4) is 16.9 Å². The fourth-order valence-electron chi connectivity index (χ4n) is 1.59. The summed E-state index contributed by atoms with van der Waals surface area (Å²) in [6, 6.07) is 15.6. The Kier molecular flexibility index (Phi) is 4.58. The average Bonchev–Trinajstić information content (AvgIpc) is 2.46. The standard InChI is InChI=1S/C15H13BrO3/c1-18-15(17)10-19-14-8-4-12(5-9-14)11-2-6-13(16)7-3-11/h2-9H,10H2,1H3. The molecule has 0 spiro atoms. The van der Waals surface area contributed by atoms with Crippen molar-refractivity contribution < 1.29 is 14.3 Å². The second-order valence-electron chi connectivity index (χ2n) is 3.90. The summed E-state index contributed by atoms with van der Waals surface area (Å²) in [7, 11) is 1.34. The molecule has 2 aromatic carbocycles. The number of benzene rings is 2. The van der Waals surface area contributed by atoms with Gasteiger partial charge in [0, 0.05) is 4.47 Å². The second kappa shape index (κ2) is 6.38. The zero-order chi connectivity index (χ0) is 13.7. The van der Waals surface area contributed by atoms with Gasteiger partial charge in [-0.3, -0.25) is 0 Å². The third-order valence-corrected chi connectivity index (χ3v) is 3.14. The van der Waals surface area contributed by atoms with E-state index in [9.17, 15) is 4.79 Å². The minimum absolute atomic E-state index is 0.0753. The van der Waals surface area contributed by atoms with Crippen molar-refractivity contribution in [2.75, 3.05) is 13.7 Å². The SMILES string of the molecule is COC(=O)COc1ccc(-c2ccc(Br)cc2)cc1. The molecule has 0 atom stereocenters. The zero-order valence-electron chi connectivity index (χ0n) is 10.4. The molecule has 0 fully saturated rings. The van der Waals surface area contributed by atoms with Crippen molar-refractivity contribution in [1.82, 2.24) is 0 Å². The average molecular weight is 321 g/mol. The van der Waals surface area contributed by atoms with Crippen molar-refractivity contribution >= 4 is 21.9 Å². The first-order valence-corrected chi connectivity index (χ1v) is 6.54. The minimum Gasteiger partial charge on any atom is -0.482 e. The molecule has 0 aromatic heterocycles. The minimum atomic E-state index is -0.392. The first-order valence-electron chi connectivity index (χ1n) is 5.74. The van der Waals surface area contributed by atoms with E-state index in [1.54, 1.807) is 0 Å². The molecule has 19 heavy (non-hydrogen) atoms. The summed E-state index contributed by atoms with van der Waals surface area (Å²) < 4.78 is 10.8. The molecule has 3 nitrogen and oxygen atoms in total. The van der Waals surface area contributed by atoms with E-state index < -0.39 is 5.97 Å². The molecule has 0 saturated carbocycles. The summed E-state index contributed by atoms with van der Waals surface area (Å²) in [5, 5.41) is 0. The van der Waals surface area contributed by atoms with Gasteiger partial charge in [0.1, 0.15) is 5.75 Å². The van der Waals surface area contributed by atoms with Gasteiger partial charge in [-0.1, -0.05) is 40.2 Å². The van der Waals surface area contributed by atoms with E-state index in [-0.39, 0.29) is 6.61 Å². The highest BCUT2D eigenvalue weighted by molar-refractivity contribution is 9.10. The number of carbonyl (C=O) groups excluding carboxylic acids is 1. The predicted octanol–water partition coefficient (Wildman–Crippen LogP) is 3.67. The highest BCUT2D eigenvalue weighted by Crippen LogP contribution is 2.24. The van der Waals surface area contributed by atoms with Crippen LogP contribution in [0.1, 0.15) is 0 Å². The van der Waals surface area contributed by atoms with Crippen LogP contribution < -0.4 is 4.74 Å². The van der Waals surface area contributed by atoms with Gasteiger partial charge in [0.2, 0.25) is 0 Å². The fourth-order valence-corrected chi connectivity index (χ4v) is 1.85. The molecule has 0 N–H and O–H groups in total. The molecule has 0 radical (unpaired) electrons. The van der Waals surface area contributed by atoms with Crippen LogP contribution in [0, 0.1) is 0 Å². The Labute approximate surface area is 120 Å². The number of esters is 1. The third-order valence-electron chi connectivity index (χ3n) is 2.62. The Morgan fingerprint density at radius 2 is 1.53 bits per heavy atom. The Bertz CT molecular complexity index is 547. The smallest absolute Gasteiger partial charge is 0.343 e. The lowest BCUT2D eigenvalue weighted by Crippen LogP contribution is -2.12. The maximum absolute atomic E-state index is 11.0. The normalized spacial score (nSPS) is 10.0. The van der Waals surface area contributed by atoms with Gasteiger partial charge in [-0.25, -0.2) is 4.79 Å². The number of hydrogen-bond donors (Lipinski definition) is 0. The van der Waals surface area contributed by atoms with Crippen molar-refractivity contribution in [2.45, 2.75) is 0 Å². The fraction of sp³-hybridized carbons (Fsp3) is 0.133. The maximum Gasteiger partial charge on any atom is 0.343 e. The Balaban J connectivity index is 2.06. The molecule has 0 unspecified atom stereocenters. The van der Waals surface area contributed by atoms with Crippen LogP contribution in [0.25, 0.3) is 11.1 Å². The molecule has 0 heterocycles. The number of carbonyl (C=O) groups is 1. The molecule has 0 aliphatic heterocycles. The van der Waals surface area contributed by atoms with Crippen molar-refractivity contribution in [1.29, 1.82) is 0 Å². The molecule has 0 bridgehead atoms. The monoisotopic (exact) mass is 320 g/mol. The first kappa shape index (κ1) is 13.6. The molecule has 4 heteroatoms. The quantitative estimate of drug-likeness (QED) is 0.806. The van der Waals surface area contributed by atoms with Gasteiger partial charge in [0.15, 0.2) is 6.61 Å². The number of halogens is 1. The van der Waals surface area contributed by atoms with Gasteiger partial charge in [-0.05, 0) is 35.4 Å². The van der Waals surface area contributed by atoms with Crippen LogP contribution in [0.15, 0.2) is 53.0 Å². The summed E-state index contributed by atoms with van der Waals surface area (Å²) in [4.78, 5) is 11.0. The van der Waals surface area contributed by atoms with Crippen molar-refractivity contribution in [3.05, 3.63) is 53.0 Å². The lowest BCUT2D eigenvalue weighted by molar-refractivity contribution is -0.142. The summed E-state index contributed by atoms with van der Waals surface area (Å²) in [5.74, 6) is 0.253. The van der Waals surface area contributed by atoms with Gasteiger partial charge in [0.05, 0.1) is 7.11 Å². The highest BCUT2D eigenvalue weighted by atomic mass is 79.9. The van der Waals surface area contributed by atoms with Crippen LogP contribution in [-0.2, 0) is 9.53 Å². The molecule has 0 aliphatic carbocycles. The largest absolute Gasteiger partial charge is 0.482 e. The van der Waals surface area contributed by atoms with Gasteiger partial charge < -0.3 is 9.47 Å². The first-order chi connectivity index (χ1) is 9.19. The summed E-state index contributed by atoms with van der Waals surface area (Å²) >= 11 is 3.41. The molecule has 0 aliphatic rings. The molecule has 2 aromatic rings. The van der Waals surface area contributed by atoms with Crippen molar-refractivity contribution in [3.63, 3.8) is 0 Å². The van der Waals surface area contributed by atoms with Gasteiger partial charge in [0.25, 0.3) is 0 Å². The van der Waals surface area contributed by atoms with Crippen LogP contribution in [-0.4, -0.2) is 19.7 Å². The van der Waals surface area contributed by atoms with Crippen molar-refractivity contribution in [2.24, 2.45) is 0 Å². The van der Waals surface area contributed by atoms with E-state index in [4.69, 9.17) is 4.74 Å². The van der Waals surface area contributed by atoms with Crippen LogP contribution in [0.3, 0.4) is 0 Å². The van der Waals surface area contributed by atoms with E-state index >= 15 is 0 Å². The number of hydrogen-bond acceptors (Lipinski definition) is 3. The maximum atomic E-state index is 11.0. The second-order valence-corrected chi connectivity index (χ2v) is 4.81.